The Kier molecular flexibility index (Phi) is 3.88. The molecule has 0 bridgehead atoms. The summed E-state index contributed by atoms with van der Waals surface area (Å²) in [5, 5.41) is 17.8. The van der Waals surface area contributed by atoms with Crippen LogP contribution < -0.4 is 16.6 Å². The van der Waals surface area contributed by atoms with Crippen LogP contribution in [0.2, 0.25) is 0 Å². The summed E-state index contributed by atoms with van der Waals surface area (Å²) in [7, 11) is 0. The molecule has 19 heavy (non-hydrogen) atoms. The number of thiophene rings is 1. The van der Waals surface area contributed by atoms with Gasteiger partial charge in [-0.1, -0.05) is 0 Å². The normalized spacial score (nSPS) is 11.9. The van der Waals surface area contributed by atoms with Gasteiger partial charge in [0.25, 0.3) is 0 Å². The number of nitrogens with one attached hydrogen (secondary N) is 2. The van der Waals surface area contributed by atoms with Gasteiger partial charge in [-0.25, -0.2) is 10.8 Å². The van der Waals surface area contributed by atoms with Crippen LogP contribution in [0.15, 0.2) is 23.0 Å². The summed E-state index contributed by atoms with van der Waals surface area (Å²) in [6.45, 7) is 1.89. The third-order valence-electron chi connectivity index (χ3n) is 2.49. The fraction of sp³-hybridized carbons (Fsp3) is 0.200. The zero-order valence-electron chi connectivity index (χ0n) is 10.0. The molecule has 0 fully saturated rings. The second-order valence-corrected chi connectivity index (χ2v) is 4.53. The van der Waals surface area contributed by atoms with E-state index in [9.17, 15) is 10.1 Å². The Balaban J connectivity index is 2.29. The van der Waals surface area contributed by atoms with E-state index in [0.29, 0.717) is 0 Å². The molecule has 1 unspecified atom stereocenters. The summed E-state index contributed by atoms with van der Waals surface area (Å²) in [5.74, 6) is 5.45. The van der Waals surface area contributed by atoms with Crippen LogP contribution in [0.25, 0.3) is 0 Å². The molecule has 0 aliphatic rings. The first-order chi connectivity index (χ1) is 9.11. The van der Waals surface area contributed by atoms with E-state index < -0.39 is 4.92 Å². The van der Waals surface area contributed by atoms with Crippen LogP contribution in [0.5, 0.6) is 0 Å². The maximum Gasteiger partial charge on any atom is 0.329 e. The largest absolute Gasteiger partial charge is 0.358 e. The number of hydrazine groups is 1. The summed E-state index contributed by atoms with van der Waals surface area (Å²) in [6.07, 6.45) is 1.12. The predicted octanol–water partition coefficient (Wildman–Crippen LogP) is 1.91. The van der Waals surface area contributed by atoms with Crippen molar-refractivity contribution in [2.45, 2.75) is 13.0 Å². The first kappa shape index (κ1) is 13.2. The van der Waals surface area contributed by atoms with E-state index in [-0.39, 0.29) is 23.5 Å². The van der Waals surface area contributed by atoms with Crippen molar-refractivity contribution in [1.82, 2.24) is 9.97 Å². The maximum absolute atomic E-state index is 10.9. The Morgan fingerprint density at radius 2 is 2.37 bits per heavy atom. The second-order valence-electron chi connectivity index (χ2n) is 3.75. The minimum absolute atomic E-state index is 0.106. The van der Waals surface area contributed by atoms with Gasteiger partial charge in [-0.05, 0) is 29.3 Å². The highest BCUT2D eigenvalue weighted by Crippen LogP contribution is 2.27. The van der Waals surface area contributed by atoms with Crippen molar-refractivity contribution < 1.29 is 4.92 Å². The van der Waals surface area contributed by atoms with Crippen LogP contribution in [0.3, 0.4) is 0 Å². The molecule has 0 amide bonds. The fourth-order valence-electron chi connectivity index (χ4n) is 1.49. The number of nitrogen functional groups attached to an aromatic ring is 1. The number of rotatable bonds is 5. The lowest BCUT2D eigenvalue weighted by Gasteiger charge is -2.13. The van der Waals surface area contributed by atoms with E-state index in [1.165, 1.54) is 0 Å². The molecule has 0 aliphatic carbocycles. The topological polar surface area (TPSA) is 119 Å². The molecule has 100 valence electrons. The van der Waals surface area contributed by atoms with E-state index in [1.54, 1.807) is 11.3 Å². The summed E-state index contributed by atoms with van der Waals surface area (Å²) in [6, 6.07) is 1.84. The molecule has 0 saturated carbocycles. The van der Waals surface area contributed by atoms with E-state index in [1.807, 2.05) is 23.8 Å². The summed E-state index contributed by atoms with van der Waals surface area (Å²) < 4.78 is 0. The average molecular weight is 280 g/mol. The number of hydrogen-bond acceptors (Lipinski definition) is 8. The van der Waals surface area contributed by atoms with E-state index in [4.69, 9.17) is 5.84 Å². The highest BCUT2D eigenvalue weighted by atomic mass is 32.1. The van der Waals surface area contributed by atoms with Crippen LogP contribution in [-0.2, 0) is 0 Å². The smallest absolute Gasteiger partial charge is 0.329 e. The molecule has 4 N–H and O–H groups in total. The number of anilines is 2. The SMILES string of the molecule is CC(Nc1nc(NN)ncc1[N+](=O)[O-])c1ccsc1. The van der Waals surface area contributed by atoms with Crippen LogP contribution in [0.4, 0.5) is 17.5 Å². The predicted molar refractivity (Wildman–Crippen MR) is 72.9 cm³/mol. The summed E-state index contributed by atoms with van der Waals surface area (Å²) >= 11 is 1.56. The van der Waals surface area contributed by atoms with Crippen molar-refractivity contribution in [3.63, 3.8) is 0 Å². The van der Waals surface area contributed by atoms with Gasteiger partial charge in [-0.3, -0.25) is 15.5 Å². The van der Waals surface area contributed by atoms with Crippen molar-refractivity contribution in [3.8, 4) is 0 Å². The molecule has 2 aromatic heterocycles. The van der Waals surface area contributed by atoms with Crippen LogP contribution >= 0.6 is 11.3 Å². The van der Waals surface area contributed by atoms with Crippen molar-refractivity contribution in [2.24, 2.45) is 5.84 Å². The van der Waals surface area contributed by atoms with Crippen molar-refractivity contribution in [3.05, 3.63) is 38.7 Å². The van der Waals surface area contributed by atoms with Gasteiger partial charge in [0.1, 0.15) is 6.20 Å². The first-order valence-electron chi connectivity index (χ1n) is 5.38. The quantitative estimate of drug-likeness (QED) is 0.434. The molecular formula is C10H12N6O2S. The van der Waals surface area contributed by atoms with Gasteiger partial charge in [0.05, 0.1) is 11.0 Å². The highest BCUT2D eigenvalue weighted by Gasteiger charge is 2.19. The van der Waals surface area contributed by atoms with Gasteiger partial charge in [0, 0.05) is 0 Å². The van der Waals surface area contributed by atoms with Gasteiger partial charge in [0.15, 0.2) is 0 Å². The molecule has 8 nitrogen and oxygen atoms in total. The number of hydrogen-bond donors (Lipinski definition) is 3. The van der Waals surface area contributed by atoms with Crippen molar-refractivity contribution >= 4 is 28.8 Å². The van der Waals surface area contributed by atoms with E-state index in [2.05, 4.69) is 20.7 Å². The van der Waals surface area contributed by atoms with Crippen molar-refractivity contribution in [2.75, 3.05) is 10.7 Å². The number of nitro groups is 1. The van der Waals surface area contributed by atoms with E-state index >= 15 is 0 Å². The third kappa shape index (κ3) is 2.95. The Labute approximate surface area is 112 Å². The molecule has 2 rings (SSSR count). The summed E-state index contributed by atoms with van der Waals surface area (Å²) in [4.78, 5) is 18.1. The first-order valence-corrected chi connectivity index (χ1v) is 6.32. The summed E-state index contributed by atoms with van der Waals surface area (Å²) in [5.41, 5.74) is 3.09. The third-order valence-corrected chi connectivity index (χ3v) is 3.19. The molecule has 9 heteroatoms. The van der Waals surface area contributed by atoms with Crippen LogP contribution in [0, 0.1) is 10.1 Å². The molecule has 1 atom stereocenters. The minimum atomic E-state index is -0.539. The number of nitrogens with two attached hydrogens (primary N) is 1. The Morgan fingerprint density at radius 3 is 2.95 bits per heavy atom. The lowest BCUT2D eigenvalue weighted by atomic mass is 10.2. The van der Waals surface area contributed by atoms with Crippen molar-refractivity contribution in [1.29, 1.82) is 0 Å². The van der Waals surface area contributed by atoms with Gasteiger partial charge >= 0.3 is 5.69 Å². The average Bonchev–Trinajstić information content (AvgIpc) is 2.92. The fourth-order valence-corrected chi connectivity index (χ4v) is 2.25. The maximum atomic E-state index is 10.9. The molecular weight excluding hydrogens is 268 g/mol. The van der Waals surface area contributed by atoms with Gasteiger partial charge in [-0.15, -0.1) is 0 Å². The standard InChI is InChI=1S/C10H12N6O2S/c1-6(7-2-3-19-5-7)13-9-8(16(17)18)4-12-10(14-9)15-11/h2-6H,11H2,1H3,(H2,12,13,14,15). The monoisotopic (exact) mass is 280 g/mol. The lowest BCUT2D eigenvalue weighted by Crippen LogP contribution is -2.14. The zero-order valence-corrected chi connectivity index (χ0v) is 10.8. The Bertz CT molecular complexity index is 573. The van der Waals surface area contributed by atoms with E-state index in [0.717, 1.165) is 11.8 Å². The molecule has 0 spiro atoms. The number of nitrogens with zero attached hydrogens (tertiary/aromatic N) is 3. The molecule has 2 aromatic rings. The second kappa shape index (κ2) is 5.59. The Morgan fingerprint density at radius 1 is 1.58 bits per heavy atom. The molecule has 2 heterocycles. The molecule has 0 saturated heterocycles. The number of aromatic nitrogens is 2. The molecule has 0 aromatic carbocycles. The van der Waals surface area contributed by atoms with Gasteiger partial charge in [0.2, 0.25) is 11.8 Å². The van der Waals surface area contributed by atoms with Gasteiger partial charge < -0.3 is 5.32 Å². The van der Waals surface area contributed by atoms with Crippen LogP contribution in [0.1, 0.15) is 18.5 Å². The highest BCUT2D eigenvalue weighted by molar-refractivity contribution is 7.07. The Hall–Kier alpha value is -2.26. The lowest BCUT2D eigenvalue weighted by molar-refractivity contribution is -0.384. The molecule has 0 radical (unpaired) electrons. The van der Waals surface area contributed by atoms with Crippen LogP contribution in [-0.4, -0.2) is 14.9 Å². The minimum Gasteiger partial charge on any atom is -0.358 e. The molecule has 0 aliphatic heterocycles. The zero-order chi connectivity index (χ0) is 13.8. The van der Waals surface area contributed by atoms with Gasteiger partial charge in [-0.2, -0.15) is 16.3 Å².